The summed E-state index contributed by atoms with van der Waals surface area (Å²) < 4.78 is 33.1. The number of pyridine rings is 1. The molecule has 11 heteroatoms. The topological polar surface area (TPSA) is 104 Å². The number of halogens is 1. The summed E-state index contributed by atoms with van der Waals surface area (Å²) in [5, 5.41) is 4.34. The number of fused-ring (bicyclic) bond motifs is 4. The standard InChI is InChI=1S/C29H35N5O4S.ClH/c1-33-25-19-31-23-7-5-20(17-22(23)27(25)29(28(33)35)9-3-10-29)21-6-8-26(24(18-21)32-39(2,36)37)38-16-4-13-34-14-11-30-12-15-34;/h5-8,17-19,30,32H,3-4,9-16H2,1-2H3;1H. The van der Waals surface area contributed by atoms with E-state index in [9.17, 15) is 13.2 Å². The fourth-order valence-corrected chi connectivity index (χ4v) is 6.73. The summed E-state index contributed by atoms with van der Waals surface area (Å²) in [5.74, 6) is 0.662. The van der Waals surface area contributed by atoms with Crippen molar-refractivity contribution < 1.29 is 17.9 Å². The van der Waals surface area contributed by atoms with Crippen LogP contribution in [0.25, 0.3) is 22.0 Å². The Morgan fingerprint density at radius 1 is 1.10 bits per heavy atom. The molecule has 3 heterocycles. The lowest BCUT2D eigenvalue weighted by Crippen LogP contribution is -2.43. The maximum Gasteiger partial charge on any atom is 0.237 e. The second-order valence-corrected chi connectivity index (χ2v) is 12.7. The fourth-order valence-electron chi connectivity index (χ4n) is 6.17. The van der Waals surface area contributed by atoms with E-state index < -0.39 is 15.4 Å². The quantitative estimate of drug-likeness (QED) is 0.388. The minimum atomic E-state index is -3.51. The van der Waals surface area contributed by atoms with E-state index in [0.29, 0.717) is 18.0 Å². The largest absolute Gasteiger partial charge is 0.491 e. The van der Waals surface area contributed by atoms with Gasteiger partial charge in [0.15, 0.2) is 0 Å². The highest BCUT2D eigenvalue weighted by Gasteiger charge is 2.54. The molecule has 3 aliphatic rings. The van der Waals surface area contributed by atoms with E-state index in [1.807, 2.05) is 43.6 Å². The van der Waals surface area contributed by atoms with Crippen LogP contribution in [0.4, 0.5) is 11.4 Å². The number of hydrogen-bond donors (Lipinski definition) is 2. The van der Waals surface area contributed by atoms with Gasteiger partial charge in [-0.15, -0.1) is 12.4 Å². The number of hydrogen-bond acceptors (Lipinski definition) is 7. The Bertz CT molecular complexity index is 1540. The number of aromatic nitrogens is 1. The summed E-state index contributed by atoms with van der Waals surface area (Å²) in [7, 11) is -1.68. The average molecular weight is 586 g/mol. The lowest BCUT2D eigenvalue weighted by molar-refractivity contribution is -0.125. The van der Waals surface area contributed by atoms with Gasteiger partial charge < -0.3 is 19.9 Å². The number of carbonyl (C=O) groups excluding carboxylic acids is 1. The van der Waals surface area contributed by atoms with Gasteiger partial charge >= 0.3 is 0 Å². The third-order valence-corrected chi connectivity index (χ3v) is 8.89. The van der Waals surface area contributed by atoms with E-state index in [0.717, 1.165) is 97.9 Å². The van der Waals surface area contributed by atoms with Crippen LogP contribution in [-0.2, 0) is 20.2 Å². The Balaban J connectivity index is 0.00000323. The maximum atomic E-state index is 13.2. The lowest BCUT2D eigenvalue weighted by atomic mass is 9.64. The maximum absolute atomic E-state index is 13.2. The van der Waals surface area contributed by atoms with Crippen LogP contribution in [-0.4, -0.2) is 76.8 Å². The molecule has 9 nitrogen and oxygen atoms in total. The number of piperazine rings is 1. The molecule has 2 aliphatic heterocycles. The summed E-state index contributed by atoms with van der Waals surface area (Å²) in [6, 6.07) is 11.7. The Morgan fingerprint density at radius 2 is 1.82 bits per heavy atom. The van der Waals surface area contributed by atoms with Gasteiger partial charge in [-0.05, 0) is 54.7 Å². The van der Waals surface area contributed by atoms with Gasteiger partial charge in [0.25, 0.3) is 0 Å². The Kier molecular flexibility index (Phi) is 7.98. The molecule has 0 unspecified atom stereocenters. The molecule has 2 N–H and O–H groups in total. The van der Waals surface area contributed by atoms with Crippen LogP contribution in [0.2, 0.25) is 0 Å². The normalized spacial score (nSPS) is 18.4. The number of sulfonamides is 1. The molecule has 1 saturated carbocycles. The van der Waals surface area contributed by atoms with Crippen molar-refractivity contribution >= 4 is 50.6 Å². The van der Waals surface area contributed by atoms with E-state index >= 15 is 0 Å². The first-order valence-electron chi connectivity index (χ1n) is 13.6. The molecule has 3 aromatic rings. The molecular formula is C29H36ClN5O4S. The predicted molar refractivity (Wildman–Crippen MR) is 161 cm³/mol. The zero-order valence-corrected chi connectivity index (χ0v) is 24.5. The molecule has 1 amide bonds. The van der Waals surface area contributed by atoms with Crippen molar-refractivity contribution in [1.29, 1.82) is 0 Å². The summed E-state index contributed by atoms with van der Waals surface area (Å²) in [4.78, 5) is 22.0. The number of carbonyl (C=O) groups is 1. The van der Waals surface area contributed by atoms with Gasteiger partial charge in [0.1, 0.15) is 5.75 Å². The molecule has 1 saturated heterocycles. The van der Waals surface area contributed by atoms with Crippen LogP contribution in [0.3, 0.4) is 0 Å². The molecule has 1 aromatic heterocycles. The molecule has 0 radical (unpaired) electrons. The molecule has 214 valence electrons. The molecule has 40 heavy (non-hydrogen) atoms. The van der Waals surface area contributed by atoms with Crippen molar-refractivity contribution in [2.45, 2.75) is 31.1 Å². The number of likely N-dealkylation sites (N-methyl/N-ethyl adjacent to an activating group) is 1. The Labute approximate surface area is 241 Å². The van der Waals surface area contributed by atoms with Crippen molar-refractivity contribution in [3.8, 4) is 16.9 Å². The highest BCUT2D eigenvalue weighted by Crippen LogP contribution is 2.55. The van der Waals surface area contributed by atoms with Gasteiger partial charge in [0, 0.05) is 50.7 Å². The van der Waals surface area contributed by atoms with E-state index in [4.69, 9.17) is 4.74 Å². The van der Waals surface area contributed by atoms with Crippen LogP contribution < -0.4 is 19.7 Å². The van der Waals surface area contributed by atoms with E-state index in [1.54, 1.807) is 4.90 Å². The van der Waals surface area contributed by atoms with Crippen LogP contribution in [0.1, 0.15) is 31.2 Å². The number of nitrogens with one attached hydrogen (secondary N) is 2. The van der Waals surface area contributed by atoms with Crippen molar-refractivity contribution in [2.75, 3.05) is 62.3 Å². The molecule has 1 spiro atoms. The van der Waals surface area contributed by atoms with Gasteiger partial charge in [-0.1, -0.05) is 18.6 Å². The third-order valence-electron chi connectivity index (χ3n) is 8.30. The summed E-state index contributed by atoms with van der Waals surface area (Å²) >= 11 is 0. The van der Waals surface area contributed by atoms with Crippen LogP contribution in [0.5, 0.6) is 5.75 Å². The number of benzene rings is 2. The molecule has 2 fully saturated rings. The van der Waals surface area contributed by atoms with E-state index in [1.165, 1.54) is 0 Å². The molecule has 2 aromatic carbocycles. The number of rotatable bonds is 8. The smallest absolute Gasteiger partial charge is 0.237 e. The first kappa shape index (κ1) is 28.6. The lowest BCUT2D eigenvalue weighted by Gasteiger charge is -2.37. The van der Waals surface area contributed by atoms with Crippen molar-refractivity contribution in [3.05, 3.63) is 48.2 Å². The second kappa shape index (κ2) is 11.2. The van der Waals surface area contributed by atoms with E-state index in [2.05, 4.69) is 26.0 Å². The number of nitrogens with zero attached hydrogens (tertiary/aromatic N) is 3. The zero-order chi connectivity index (χ0) is 27.2. The Morgan fingerprint density at radius 3 is 2.52 bits per heavy atom. The zero-order valence-electron chi connectivity index (χ0n) is 22.9. The minimum absolute atomic E-state index is 0. The minimum Gasteiger partial charge on any atom is -0.491 e. The first-order valence-corrected chi connectivity index (χ1v) is 15.5. The van der Waals surface area contributed by atoms with Gasteiger partial charge in [-0.25, -0.2) is 8.42 Å². The van der Waals surface area contributed by atoms with E-state index in [-0.39, 0.29) is 18.3 Å². The SMILES string of the molecule is CN1C(=O)C2(CCC2)c2c1cnc1ccc(-c3ccc(OCCCN4CCNCC4)c(NS(C)(=O)=O)c3)cc21.Cl. The van der Waals surface area contributed by atoms with Crippen LogP contribution in [0.15, 0.2) is 42.6 Å². The summed E-state index contributed by atoms with van der Waals surface area (Å²) in [6.45, 7) is 5.53. The van der Waals surface area contributed by atoms with Gasteiger partial charge in [0.2, 0.25) is 15.9 Å². The number of amides is 1. The van der Waals surface area contributed by atoms with Crippen LogP contribution >= 0.6 is 12.4 Å². The van der Waals surface area contributed by atoms with Crippen molar-refractivity contribution in [3.63, 3.8) is 0 Å². The summed E-state index contributed by atoms with van der Waals surface area (Å²) in [6.07, 6.45) is 6.57. The fraction of sp³-hybridized carbons (Fsp3) is 0.448. The van der Waals surface area contributed by atoms with Gasteiger partial charge in [0.05, 0.1) is 41.4 Å². The second-order valence-electron chi connectivity index (χ2n) is 10.9. The van der Waals surface area contributed by atoms with Crippen molar-refractivity contribution in [1.82, 2.24) is 15.2 Å². The van der Waals surface area contributed by atoms with Crippen molar-refractivity contribution in [2.24, 2.45) is 0 Å². The average Bonchev–Trinajstić information content (AvgIpc) is 3.14. The first-order chi connectivity index (χ1) is 18.7. The molecule has 0 bridgehead atoms. The highest BCUT2D eigenvalue weighted by molar-refractivity contribution is 7.92. The third kappa shape index (κ3) is 5.25. The summed E-state index contributed by atoms with van der Waals surface area (Å²) in [5.41, 5.74) is 4.56. The molecule has 0 atom stereocenters. The predicted octanol–water partition coefficient (Wildman–Crippen LogP) is 3.77. The number of anilines is 2. The Hall–Kier alpha value is -2.92. The molecular weight excluding hydrogens is 550 g/mol. The van der Waals surface area contributed by atoms with Gasteiger partial charge in [-0.3, -0.25) is 14.5 Å². The monoisotopic (exact) mass is 585 g/mol. The van der Waals surface area contributed by atoms with Gasteiger partial charge in [-0.2, -0.15) is 0 Å². The highest BCUT2D eigenvalue weighted by atomic mass is 35.5. The molecule has 1 aliphatic carbocycles. The number of ether oxygens (including phenoxy) is 1. The van der Waals surface area contributed by atoms with Crippen LogP contribution in [0, 0.1) is 0 Å². The molecule has 6 rings (SSSR count).